The fourth-order valence-corrected chi connectivity index (χ4v) is 7.40. The molecule has 1 aromatic heterocycles. The Morgan fingerprint density at radius 2 is 1.55 bits per heavy atom. The van der Waals surface area contributed by atoms with Crippen molar-refractivity contribution >= 4 is 30.9 Å². The van der Waals surface area contributed by atoms with Crippen molar-refractivity contribution in [1.29, 1.82) is 0 Å². The molecule has 0 aliphatic carbocycles. The van der Waals surface area contributed by atoms with Gasteiger partial charge in [0.05, 0.1) is 28.5 Å². The van der Waals surface area contributed by atoms with Crippen LogP contribution in [0.1, 0.15) is 36.9 Å². The predicted octanol–water partition coefficient (Wildman–Crippen LogP) is 3.06. The average Bonchev–Trinajstić information content (AvgIpc) is 3.31. The van der Waals surface area contributed by atoms with Crippen LogP contribution in [0.5, 0.6) is 0 Å². The van der Waals surface area contributed by atoms with Crippen LogP contribution in [0.2, 0.25) is 0 Å². The number of halogens is 2. The molecule has 2 aliphatic heterocycles. The van der Waals surface area contributed by atoms with Crippen molar-refractivity contribution in [3.8, 4) is 0 Å². The summed E-state index contributed by atoms with van der Waals surface area (Å²) >= 11 is 0. The molecular weight excluding hydrogens is 560 g/mol. The molecule has 5 rings (SSSR count). The third-order valence-electron chi connectivity index (χ3n) is 8.10. The number of hydrogen-bond acceptors (Lipinski definition) is 7. The molecule has 0 N–H and O–H groups in total. The second kappa shape index (κ2) is 11.4. The number of rotatable bonds is 8. The van der Waals surface area contributed by atoms with Gasteiger partial charge in [0.25, 0.3) is 0 Å². The number of nitrogens with zero attached hydrogens (tertiary/aromatic N) is 5. The molecule has 3 heterocycles. The van der Waals surface area contributed by atoms with Gasteiger partial charge in [0.2, 0.25) is 10.0 Å². The molecule has 3 aromatic rings. The van der Waals surface area contributed by atoms with Crippen molar-refractivity contribution in [2.24, 2.45) is 0 Å². The summed E-state index contributed by atoms with van der Waals surface area (Å²) in [6.07, 6.45) is 6.62. The maximum atomic E-state index is 14.1. The number of aromatic nitrogens is 2. The number of piperidine rings is 1. The van der Waals surface area contributed by atoms with E-state index in [0.29, 0.717) is 43.7 Å². The van der Waals surface area contributed by atoms with Crippen molar-refractivity contribution in [2.45, 2.75) is 36.2 Å². The second-order valence-corrected chi connectivity index (χ2v) is 14.9. The van der Waals surface area contributed by atoms with Gasteiger partial charge in [0, 0.05) is 63.7 Å². The maximum absolute atomic E-state index is 14.1. The van der Waals surface area contributed by atoms with Crippen LogP contribution in [-0.2, 0) is 19.9 Å². The minimum absolute atomic E-state index is 0.230. The van der Waals surface area contributed by atoms with Gasteiger partial charge in [-0.3, -0.25) is 4.90 Å². The van der Waals surface area contributed by atoms with Crippen LogP contribution in [0.15, 0.2) is 47.6 Å². The smallest absolute Gasteiger partial charge is 0.211 e. The van der Waals surface area contributed by atoms with E-state index >= 15 is 0 Å². The molecule has 0 bridgehead atoms. The lowest BCUT2D eigenvalue weighted by Gasteiger charge is -2.40. The van der Waals surface area contributed by atoms with Crippen LogP contribution in [0.25, 0.3) is 11.0 Å². The third kappa shape index (κ3) is 6.54. The van der Waals surface area contributed by atoms with Crippen LogP contribution in [0.4, 0.5) is 8.78 Å². The molecule has 1 unspecified atom stereocenters. The predicted molar refractivity (Wildman–Crippen MR) is 149 cm³/mol. The van der Waals surface area contributed by atoms with Gasteiger partial charge in [-0.25, -0.2) is 30.6 Å². The lowest BCUT2D eigenvalue weighted by molar-refractivity contribution is 0.111. The fraction of sp³-hybridized carbons (Fsp3) is 0.519. The molecule has 9 nitrogen and oxygen atoms in total. The van der Waals surface area contributed by atoms with Crippen molar-refractivity contribution in [3.63, 3.8) is 0 Å². The topological polar surface area (TPSA) is 95.8 Å². The summed E-state index contributed by atoms with van der Waals surface area (Å²) in [5.41, 5.74) is 2.14. The van der Waals surface area contributed by atoms with Gasteiger partial charge in [-0.2, -0.15) is 4.31 Å². The number of hydrogen-bond donors (Lipinski definition) is 0. The molecule has 2 fully saturated rings. The lowest BCUT2D eigenvalue weighted by Crippen LogP contribution is -2.49. The van der Waals surface area contributed by atoms with Crippen molar-refractivity contribution in [1.82, 2.24) is 23.7 Å². The minimum Gasteiger partial charge on any atom is -0.327 e. The first-order chi connectivity index (χ1) is 18.9. The van der Waals surface area contributed by atoms with Crippen LogP contribution in [0, 0.1) is 11.6 Å². The van der Waals surface area contributed by atoms with Gasteiger partial charge in [0.1, 0.15) is 11.6 Å². The highest BCUT2D eigenvalue weighted by Crippen LogP contribution is 2.31. The summed E-state index contributed by atoms with van der Waals surface area (Å²) in [5, 5.41) is 0. The van der Waals surface area contributed by atoms with Crippen LogP contribution < -0.4 is 0 Å². The highest BCUT2D eigenvalue weighted by molar-refractivity contribution is 7.90. The lowest BCUT2D eigenvalue weighted by atomic mass is 9.99. The highest BCUT2D eigenvalue weighted by Gasteiger charge is 2.30. The van der Waals surface area contributed by atoms with Crippen molar-refractivity contribution in [3.05, 3.63) is 59.9 Å². The number of fused-ring (bicyclic) bond motifs is 1. The Labute approximate surface area is 234 Å². The standard InChI is InChI=1S/C27H35F2N5O4S2/c1-39(35,36)24-3-4-27-25(18-24)30-19-34(27)23-5-8-31(9-6-23)10-7-26(20-15-21(28)17-22(29)16-20)32-11-13-33(14-12-32)40(2,37)38/h3-4,15-19,23,26H,5-14H2,1-2H3. The molecule has 2 aromatic carbocycles. The summed E-state index contributed by atoms with van der Waals surface area (Å²) < 4.78 is 79.6. The summed E-state index contributed by atoms with van der Waals surface area (Å²) in [7, 11) is -6.59. The molecule has 0 saturated carbocycles. The van der Waals surface area contributed by atoms with E-state index in [1.54, 1.807) is 18.5 Å². The highest BCUT2D eigenvalue weighted by atomic mass is 32.2. The van der Waals surface area contributed by atoms with Crippen LogP contribution in [-0.4, -0.2) is 98.8 Å². The van der Waals surface area contributed by atoms with Crippen LogP contribution in [0.3, 0.4) is 0 Å². The molecule has 1 atom stereocenters. The molecular formula is C27H35F2N5O4S2. The Balaban J connectivity index is 1.24. The number of piperazine rings is 1. The minimum atomic E-state index is -3.30. The van der Waals surface area contributed by atoms with E-state index in [4.69, 9.17) is 0 Å². The molecule has 13 heteroatoms. The first kappa shape index (κ1) is 29.1. The SMILES string of the molecule is CS(=O)(=O)c1ccc2c(c1)ncn2C1CCN(CCC(c2cc(F)cc(F)c2)N2CCN(S(C)(=O)=O)CC2)CC1. The molecule has 0 amide bonds. The second-order valence-electron chi connectivity index (χ2n) is 10.9. The Morgan fingerprint density at radius 1 is 0.900 bits per heavy atom. The van der Waals surface area contributed by atoms with Crippen LogP contribution >= 0.6 is 0 Å². The first-order valence-electron chi connectivity index (χ1n) is 13.4. The summed E-state index contributed by atoms with van der Waals surface area (Å²) in [5.74, 6) is -1.24. The maximum Gasteiger partial charge on any atom is 0.211 e. The van der Waals surface area contributed by atoms with E-state index in [-0.39, 0.29) is 17.0 Å². The van der Waals surface area contributed by atoms with Crippen molar-refractivity contribution < 1.29 is 25.6 Å². The summed E-state index contributed by atoms with van der Waals surface area (Å²) in [6.45, 7) is 4.12. The molecule has 2 saturated heterocycles. The summed E-state index contributed by atoms with van der Waals surface area (Å²) in [4.78, 5) is 9.18. The summed E-state index contributed by atoms with van der Waals surface area (Å²) in [6, 6.07) is 8.68. The van der Waals surface area contributed by atoms with E-state index < -0.39 is 31.5 Å². The van der Waals surface area contributed by atoms with Gasteiger partial charge in [-0.05, 0) is 61.7 Å². The number of benzene rings is 2. The average molecular weight is 596 g/mol. The molecule has 0 radical (unpaired) electrons. The van der Waals surface area contributed by atoms with E-state index in [2.05, 4.69) is 19.4 Å². The Kier molecular flexibility index (Phi) is 8.31. The van der Waals surface area contributed by atoms with E-state index in [0.717, 1.165) is 44.1 Å². The Hall–Kier alpha value is -2.45. The van der Waals surface area contributed by atoms with Gasteiger partial charge >= 0.3 is 0 Å². The Bertz CT molecular complexity index is 1560. The van der Waals surface area contributed by atoms with E-state index in [1.807, 2.05) is 6.07 Å². The zero-order valence-corrected chi connectivity index (χ0v) is 24.3. The number of likely N-dealkylation sites (tertiary alicyclic amines) is 1. The monoisotopic (exact) mass is 595 g/mol. The van der Waals surface area contributed by atoms with Gasteiger partial charge < -0.3 is 9.47 Å². The largest absolute Gasteiger partial charge is 0.327 e. The van der Waals surface area contributed by atoms with E-state index in [9.17, 15) is 25.6 Å². The molecule has 0 spiro atoms. The normalized spacial score (nSPS) is 19.8. The molecule has 40 heavy (non-hydrogen) atoms. The fourth-order valence-electron chi connectivity index (χ4n) is 5.93. The molecule has 218 valence electrons. The van der Waals surface area contributed by atoms with Gasteiger partial charge in [0.15, 0.2) is 9.84 Å². The Morgan fingerprint density at radius 3 is 2.15 bits per heavy atom. The number of sulfonamides is 1. The number of sulfone groups is 1. The zero-order valence-electron chi connectivity index (χ0n) is 22.7. The third-order valence-corrected chi connectivity index (χ3v) is 10.5. The first-order valence-corrected chi connectivity index (χ1v) is 17.2. The van der Waals surface area contributed by atoms with Gasteiger partial charge in [-0.15, -0.1) is 0 Å². The van der Waals surface area contributed by atoms with Crippen molar-refractivity contribution in [2.75, 3.05) is 58.3 Å². The number of imidazole rings is 1. The zero-order chi connectivity index (χ0) is 28.7. The quantitative estimate of drug-likeness (QED) is 0.395. The van der Waals surface area contributed by atoms with E-state index in [1.165, 1.54) is 28.9 Å². The van der Waals surface area contributed by atoms with Gasteiger partial charge in [-0.1, -0.05) is 0 Å². The molecule has 2 aliphatic rings.